The summed E-state index contributed by atoms with van der Waals surface area (Å²) >= 11 is 0. The number of rotatable bonds is 7. The van der Waals surface area contributed by atoms with Crippen LogP contribution >= 0.6 is 0 Å². The maximum atomic E-state index is 14.6. The van der Waals surface area contributed by atoms with Gasteiger partial charge in [0.15, 0.2) is 11.6 Å². The lowest BCUT2D eigenvalue weighted by Crippen LogP contribution is -2.61. The Morgan fingerprint density at radius 2 is 1.90 bits per heavy atom. The van der Waals surface area contributed by atoms with Crippen molar-refractivity contribution < 1.29 is 46.4 Å². The molecule has 0 saturated carbocycles. The van der Waals surface area contributed by atoms with Gasteiger partial charge in [-0.2, -0.15) is 18.4 Å². The summed E-state index contributed by atoms with van der Waals surface area (Å²) in [5.41, 5.74) is -3.12. The molecule has 2 aliphatic rings. The summed E-state index contributed by atoms with van der Waals surface area (Å²) in [5, 5.41) is 45.0. The molecule has 5 rings (SSSR count). The van der Waals surface area contributed by atoms with Crippen LogP contribution in [-0.2, 0) is 26.2 Å². The van der Waals surface area contributed by atoms with E-state index in [4.69, 9.17) is 19.5 Å². The second-order valence-electron chi connectivity index (χ2n) is 9.44. The summed E-state index contributed by atoms with van der Waals surface area (Å²) in [4.78, 5) is 0. The SMILES string of the molecule is CO[C@@H]1[C@@H](n2cc(-c3ccc(C#N)c(F)c3F)nn2)[C@@H](O)[C@@H](CO)O[C@@H]1Cc1cn(C2(C(F)(F)F)COC2)nn1. The summed E-state index contributed by atoms with van der Waals surface area (Å²) in [7, 11) is 1.30. The highest BCUT2D eigenvalue weighted by Gasteiger charge is 2.62. The minimum Gasteiger partial charge on any atom is -0.394 e. The largest absolute Gasteiger partial charge is 0.418 e. The van der Waals surface area contributed by atoms with Crippen LogP contribution in [0.25, 0.3) is 11.3 Å². The Morgan fingerprint density at radius 1 is 1.15 bits per heavy atom. The fraction of sp³-hybridized carbons (Fsp3) is 0.522. The third-order valence-corrected chi connectivity index (χ3v) is 7.13. The van der Waals surface area contributed by atoms with Gasteiger partial charge in [0.25, 0.3) is 0 Å². The number of aliphatic hydroxyl groups is 2. The topological polar surface area (TPSA) is 153 Å². The second kappa shape index (κ2) is 10.4. The average Bonchev–Trinajstić information content (AvgIpc) is 3.55. The molecule has 0 unspecified atom stereocenters. The van der Waals surface area contributed by atoms with Gasteiger partial charge in [0.05, 0.1) is 43.4 Å². The number of alkyl halides is 3. The first kappa shape index (κ1) is 28.0. The van der Waals surface area contributed by atoms with Gasteiger partial charge >= 0.3 is 6.18 Å². The van der Waals surface area contributed by atoms with Gasteiger partial charge in [-0.3, -0.25) is 0 Å². The van der Waals surface area contributed by atoms with E-state index < -0.39 is 79.2 Å². The summed E-state index contributed by atoms with van der Waals surface area (Å²) in [6.07, 6.45) is -6.97. The maximum absolute atomic E-state index is 14.6. The van der Waals surface area contributed by atoms with Gasteiger partial charge in [0, 0.05) is 25.3 Å². The number of methoxy groups -OCH3 is 1. The van der Waals surface area contributed by atoms with E-state index >= 15 is 0 Å². The van der Waals surface area contributed by atoms with Crippen molar-refractivity contribution in [3.05, 3.63) is 47.4 Å². The number of benzene rings is 1. The lowest BCUT2D eigenvalue weighted by atomic mass is 9.90. The minimum absolute atomic E-state index is 0.115. The number of ether oxygens (including phenoxy) is 3. The zero-order valence-corrected chi connectivity index (χ0v) is 20.7. The molecule has 214 valence electrons. The van der Waals surface area contributed by atoms with E-state index in [0.29, 0.717) is 4.68 Å². The van der Waals surface area contributed by atoms with Gasteiger partial charge in [-0.05, 0) is 12.1 Å². The molecular weight excluding hydrogens is 549 g/mol. The molecule has 2 N–H and O–H groups in total. The van der Waals surface area contributed by atoms with Crippen molar-refractivity contribution in [3.63, 3.8) is 0 Å². The maximum Gasteiger partial charge on any atom is 0.418 e. The van der Waals surface area contributed by atoms with Gasteiger partial charge in [0.2, 0.25) is 5.54 Å². The van der Waals surface area contributed by atoms with Gasteiger partial charge in [-0.1, -0.05) is 10.4 Å². The van der Waals surface area contributed by atoms with E-state index in [1.165, 1.54) is 19.4 Å². The fourth-order valence-electron chi connectivity index (χ4n) is 4.84. The van der Waals surface area contributed by atoms with Crippen LogP contribution in [0.4, 0.5) is 22.0 Å². The van der Waals surface area contributed by atoms with E-state index in [0.717, 1.165) is 23.0 Å². The first-order valence-corrected chi connectivity index (χ1v) is 11.9. The molecule has 0 radical (unpaired) electrons. The zero-order chi connectivity index (χ0) is 28.8. The zero-order valence-electron chi connectivity index (χ0n) is 20.7. The summed E-state index contributed by atoms with van der Waals surface area (Å²) in [6, 6.07) is 2.69. The Labute approximate surface area is 222 Å². The van der Waals surface area contributed by atoms with Crippen molar-refractivity contribution in [1.82, 2.24) is 30.0 Å². The molecule has 0 amide bonds. The number of aliphatic hydroxyl groups excluding tert-OH is 2. The third kappa shape index (κ3) is 4.51. The fourth-order valence-corrected chi connectivity index (χ4v) is 4.84. The van der Waals surface area contributed by atoms with Crippen LogP contribution < -0.4 is 0 Å². The molecule has 3 aromatic rings. The minimum atomic E-state index is -4.63. The van der Waals surface area contributed by atoms with Crippen LogP contribution in [0.2, 0.25) is 0 Å². The molecule has 0 bridgehead atoms. The van der Waals surface area contributed by atoms with Crippen LogP contribution in [0.3, 0.4) is 0 Å². The third-order valence-electron chi connectivity index (χ3n) is 7.13. The number of nitriles is 1. The van der Waals surface area contributed by atoms with Crippen molar-refractivity contribution in [3.8, 4) is 17.3 Å². The first-order valence-electron chi connectivity index (χ1n) is 11.9. The Kier molecular flexibility index (Phi) is 7.31. The van der Waals surface area contributed by atoms with Crippen LogP contribution in [0.5, 0.6) is 0 Å². The number of aromatic nitrogens is 6. The predicted molar refractivity (Wildman–Crippen MR) is 120 cm³/mol. The molecule has 2 fully saturated rings. The second-order valence-corrected chi connectivity index (χ2v) is 9.44. The molecule has 0 aliphatic carbocycles. The quantitative estimate of drug-likeness (QED) is 0.391. The summed E-state index contributed by atoms with van der Waals surface area (Å²) in [6.45, 7) is -1.86. The Hall–Kier alpha value is -3.56. The van der Waals surface area contributed by atoms with Crippen molar-refractivity contribution in [1.29, 1.82) is 5.26 Å². The molecule has 5 atom stereocenters. The molecule has 4 heterocycles. The number of hydrogen-bond donors (Lipinski definition) is 2. The summed E-state index contributed by atoms with van der Waals surface area (Å²) in [5.74, 6) is -2.67. The van der Waals surface area contributed by atoms with Gasteiger partial charge < -0.3 is 24.4 Å². The Balaban J connectivity index is 1.43. The predicted octanol–water partition coefficient (Wildman–Crippen LogP) is 0.894. The monoisotopic (exact) mass is 571 g/mol. The molecule has 40 heavy (non-hydrogen) atoms. The molecule has 2 saturated heterocycles. The standard InChI is InChI=1S/C23H22F5N7O5/c1-38-21-15(4-12-6-35(33-30-12)22(9-39-10-22)23(26,27)28)40-16(8-36)20(37)19(21)34-7-14(31-32-34)13-3-2-11(5-29)17(24)18(13)25/h2-3,6-7,15-16,19-21,36-37H,4,8-10H2,1H3/t15-,16-,19+,20+,21+/m1/s1. The Bertz CT molecular complexity index is 1420. The number of hydrogen-bond acceptors (Lipinski definition) is 10. The van der Waals surface area contributed by atoms with E-state index in [2.05, 4.69) is 20.6 Å². The lowest BCUT2D eigenvalue weighted by molar-refractivity contribution is -0.294. The van der Waals surface area contributed by atoms with Crippen molar-refractivity contribution in [2.75, 3.05) is 26.9 Å². The number of halogens is 5. The molecule has 1 aromatic carbocycles. The molecule has 0 spiro atoms. The van der Waals surface area contributed by atoms with E-state index in [1.807, 2.05) is 0 Å². The van der Waals surface area contributed by atoms with E-state index in [-0.39, 0.29) is 23.4 Å². The molecule has 2 aliphatic heterocycles. The normalized spacial score (nSPS) is 26.3. The molecule has 2 aromatic heterocycles. The lowest BCUT2D eigenvalue weighted by Gasteiger charge is -2.43. The first-order chi connectivity index (χ1) is 19.0. The van der Waals surface area contributed by atoms with Crippen molar-refractivity contribution in [2.45, 2.75) is 48.6 Å². The summed E-state index contributed by atoms with van der Waals surface area (Å²) < 4.78 is 87.8. The molecular formula is C23H22F5N7O5. The van der Waals surface area contributed by atoms with Crippen LogP contribution in [-0.4, -0.2) is 97.7 Å². The highest BCUT2D eigenvalue weighted by molar-refractivity contribution is 5.60. The van der Waals surface area contributed by atoms with Gasteiger partial charge in [-0.15, -0.1) is 10.2 Å². The van der Waals surface area contributed by atoms with Crippen molar-refractivity contribution >= 4 is 0 Å². The van der Waals surface area contributed by atoms with Crippen LogP contribution in [0.15, 0.2) is 24.5 Å². The highest BCUT2D eigenvalue weighted by atomic mass is 19.4. The number of nitrogens with zero attached hydrogens (tertiary/aromatic N) is 7. The van der Waals surface area contributed by atoms with Crippen LogP contribution in [0.1, 0.15) is 17.3 Å². The molecule has 12 nitrogen and oxygen atoms in total. The smallest absolute Gasteiger partial charge is 0.394 e. The van der Waals surface area contributed by atoms with Crippen LogP contribution in [0, 0.1) is 23.0 Å². The van der Waals surface area contributed by atoms with E-state index in [9.17, 15) is 32.2 Å². The average molecular weight is 571 g/mol. The van der Waals surface area contributed by atoms with E-state index in [1.54, 1.807) is 0 Å². The van der Waals surface area contributed by atoms with Crippen molar-refractivity contribution in [2.24, 2.45) is 0 Å². The highest BCUT2D eigenvalue weighted by Crippen LogP contribution is 2.42. The van der Waals surface area contributed by atoms with Gasteiger partial charge in [0.1, 0.15) is 36.1 Å². The van der Waals surface area contributed by atoms with Gasteiger partial charge in [-0.25, -0.2) is 18.1 Å². The Morgan fingerprint density at radius 3 is 2.50 bits per heavy atom. The molecule has 17 heteroatoms.